The Kier molecular flexibility index (Phi) is 3.39. The molecule has 1 rings (SSSR count). The molecule has 0 unspecified atom stereocenters. The normalized spacial score (nSPS) is 9.86. The minimum atomic E-state index is -0.0324. The Morgan fingerprint density at radius 2 is 2.29 bits per heavy atom. The monoisotopic (exact) mass is 193 g/mol. The van der Waals surface area contributed by atoms with Gasteiger partial charge in [-0.2, -0.15) is 0 Å². The predicted octanol–water partition coefficient (Wildman–Crippen LogP) is 0.891. The van der Waals surface area contributed by atoms with E-state index < -0.39 is 0 Å². The largest absolute Gasteiger partial charge is 0.382 e. The average Bonchev–Trinajstić information content (AvgIpc) is 2.14. The molecule has 0 fully saturated rings. The topological polar surface area (TPSA) is 87.7 Å². The number of aromatic nitrogens is 2. The lowest BCUT2D eigenvalue weighted by molar-refractivity contribution is 0.943. The maximum Gasteiger partial charge on any atom is 0.223 e. The van der Waals surface area contributed by atoms with Crippen molar-refractivity contribution in [3.8, 4) is 0 Å². The van der Waals surface area contributed by atoms with Gasteiger partial charge in [-0.05, 0) is 19.4 Å². The summed E-state index contributed by atoms with van der Waals surface area (Å²) in [5.41, 5.74) is 6.62. The summed E-state index contributed by atoms with van der Waals surface area (Å²) in [7, 11) is 0. The molecule has 0 spiro atoms. The second-order valence-corrected chi connectivity index (χ2v) is 3.06. The second kappa shape index (κ2) is 4.55. The Balaban J connectivity index is 2.89. The van der Waals surface area contributed by atoms with E-state index >= 15 is 0 Å². The van der Waals surface area contributed by atoms with Crippen LogP contribution in [-0.2, 0) is 0 Å². The maximum atomic E-state index is 7.27. The average molecular weight is 193 g/mol. The molecule has 0 saturated heterocycles. The van der Waals surface area contributed by atoms with Gasteiger partial charge in [-0.3, -0.25) is 5.41 Å². The summed E-state index contributed by atoms with van der Waals surface area (Å²) in [4.78, 5) is 8.28. The Morgan fingerprint density at radius 3 is 2.86 bits per heavy atom. The summed E-state index contributed by atoms with van der Waals surface area (Å²) in [6, 6.07) is 1.69. The zero-order chi connectivity index (χ0) is 10.6. The number of nitrogens with two attached hydrogens (primary N) is 1. The van der Waals surface area contributed by atoms with Crippen LogP contribution < -0.4 is 11.1 Å². The van der Waals surface area contributed by atoms with Gasteiger partial charge in [0.15, 0.2) is 0 Å². The fraction of sp³-hybridized carbons (Fsp3) is 0.444. The second-order valence-electron chi connectivity index (χ2n) is 3.06. The van der Waals surface area contributed by atoms with E-state index in [1.54, 1.807) is 6.07 Å². The van der Waals surface area contributed by atoms with Crippen LogP contribution in [-0.4, -0.2) is 22.3 Å². The van der Waals surface area contributed by atoms with E-state index in [2.05, 4.69) is 22.2 Å². The number of anilines is 1. The minimum Gasteiger partial charge on any atom is -0.382 e. The van der Waals surface area contributed by atoms with E-state index in [1.165, 1.54) is 0 Å². The highest BCUT2D eigenvalue weighted by molar-refractivity contribution is 5.93. The molecule has 5 heteroatoms. The van der Waals surface area contributed by atoms with E-state index in [1.807, 2.05) is 6.92 Å². The molecule has 0 aliphatic rings. The molecule has 14 heavy (non-hydrogen) atoms. The molecule has 0 saturated carbocycles. The van der Waals surface area contributed by atoms with E-state index in [9.17, 15) is 0 Å². The molecule has 0 aliphatic carbocycles. The molecular weight excluding hydrogens is 178 g/mol. The quantitative estimate of drug-likeness (QED) is 0.489. The van der Waals surface area contributed by atoms with Crippen LogP contribution >= 0.6 is 0 Å². The van der Waals surface area contributed by atoms with Crippen LogP contribution in [0.2, 0.25) is 0 Å². The third kappa shape index (κ3) is 2.69. The first-order valence-corrected chi connectivity index (χ1v) is 4.57. The summed E-state index contributed by atoms with van der Waals surface area (Å²) in [5.74, 6) is 0.507. The Morgan fingerprint density at radius 1 is 1.57 bits per heavy atom. The number of rotatable bonds is 4. The van der Waals surface area contributed by atoms with Crippen LogP contribution in [0, 0.1) is 12.3 Å². The van der Waals surface area contributed by atoms with Crippen LogP contribution in [0.15, 0.2) is 6.07 Å². The molecule has 76 valence electrons. The van der Waals surface area contributed by atoms with Gasteiger partial charge in [-0.15, -0.1) is 0 Å². The summed E-state index contributed by atoms with van der Waals surface area (Å²) in [5, 5.41) is 10.3. The van der Waals surface area contributed by atoms with Crippen LogP contribution in [0.25, 0.3) is 0 Å². The van der Waals surface area contributed by atoms with Crippen LogP contribution in [0.3, 0.4) is 0 Å². The van der Waals surface area contributed by atoms with Gasteiger partial charge in [0, 0.05) is 12.2 Å². The van der Waals surface area contributed by atoms with Gasteiger partial charge in [0.2, 0.25) is 5.95 Å². The highest BCUT2D eigenvalue weighted by Crippen LogP contribution is 2.04. The van der Waals surface area contributed by atoms with Crippen molar-refractivity contribution in [2.45, 2.75) is 20.3 Å². The first-order chi connectivity index (χ1) is 6.63. The summed E-state index contributed by atoms with van der Waals surface area (Å²) < 4.78 is 0. The van der Waals surface area contributed by atoms with Gasteiger partial charge in [0.1, 0.15) is 11.5 Å². The van der Waals surface area contributed by atoms with Crippen molar-refractivity contribution in [3.63, 3.8) is 0 Å². The Bertz CT molecular complexity index is 334. The van der Waals surface area contributed by atoms with Gasteiger partial charge < -0.3 is 11.1 Å². The zero-order valence-corrected chi connectivity index (χ0v) is 8.46. The Labute approximate surface area is 83.3 Å². The third-order valence-corrected chi connectivity index (χ3v) is 1.66. The number of hydrogen-bond donors (Lipinski definition) is 3. The molecule has 0 radical (unpaired) electrons. The molecule has 0 atom stereocenters. The van der Waals surface area contributed by atoms with Crippen molar-refractivity contribution in [1.82, 2.24) is 9.97 Å². The number of nitrogens with one attached hydrogen (secondary N) is 2. The van der Waals surface area contributed by atoms with E-state index in [0.717, 1.165) is 18.7 Å². The molecule has 0 bridgehead atoms. The van der Waals surface area contributed by atoms with Crippen LogP contribution in [0.5, 0.6) is 0 Å². The SMILES string of the molecule is CCCNc1nc(C)cc(C(=N)N)n1. The Hall–Kier alpha value is -1.65. The number of amidine groups is 1. The van der Waals surface area contributed by atoms with E-state index in [4.69, 9.17) is 11.1 Å². The molecule has 1 heterocycles. The number of aryl methyl sites for hydroxylation is 1. The number of nitrogens with zero attached hydrogens (tertiary/aromatic N) is 2. The smallest absolute Gasteiger partial charge is 0.223 e. The van der Waals surface area contributed by atoms with Crippen molar-refractivity contribution in [2.24, 2.45) is 5.73 Å². The first kappa shape index (κ1) is 10.4. The molecule has 0 amide bonds. The zero-order valence-electron chi connectivity index (χ0n) is 8.46. The van der Waals surface area contributed by atoms with Crippen LogP contribution in [0.1, 0.15) is 24.7 Å². The molecule has 4 N–H and O–H groups in total. The molecule has 5 nitrogen and oxygen atoms in total. The van der Waals surface area contributed by atoms with Crippen molar-refractivity contribution >= 4 is 11.8 Å². The number of nitrogen functional groups attached to an aromatic ring is 1. The highest BCUT2D eigenvalue weighted by Gasteiger charge is 2.03. The van der Waals surface area contributed by atoms with E-state index in [-0.39, 0.29) is 5.84 Å². The maximum absolute atomic E-state index is 7.27. The lowest BCUT2D eigenvalue weighted by Gasteiger charge is -2.05. The van der Waals surface area contributed by atoms with Gasteiger partial charge in [-0.1, -0.05) is 6.92 Å². The van der Waals surface area contributed by atoms with Crippen LogP contribution in [0.4, 0.5) is 5.95 Å². The fourth-order valence-corrected chi connectivity index (χ4v) is 1.02. The van der Waals surface area contributed by atoms with Gasteiger partial charge in [-0.25, -0.2) is 9.97 Å². The molecule has 0 aromatic carbocycles. The third-order valence-electron chi connectivity index (χ3n) is 1.66. The summed E-state index contributed by atoms with van der Waals surface area (Å²) in [6.45, 7) is 4.74. The highest BCUT2D eigenvalue weighted by atomic mass is 15.1. The van der Waals surface area contributed by atoms with Gasteiger partial charge >= 0.3 is 0 Å². The fourth-order valence-electron chi connectivity index (χ4n) is 1.02. The van der Waals surface area contributed by atoms with Gasteiger partial charge in [0.05, 0.1) is 0 Å². The number of hydrogen-bond acceptors (Lipinski definition) is 4. The van der Waals surface area contributed by atoms with E-state index in [0.29, 0.717) is 11.6 Å². The predicted molar refractivity (Wildman–Crippen MR) is 56.6 cm³/mol. The minimum absolute atomic E-state index is 0.0324. The first-order valence-electron chi connectivity index (χ1n) is 4.57. The standard InChI is InChI=1S/C9H15N5/c1-3-4-12-9-13-6(2)5-7(14-9)8(10)11/h5H,3-4H2,1-2H3,(H3,10,11)(H,12,13,14). The summed E-state index contributed by atoms with van der Waals surface area (Å²) in [6.07, 6.45) is 1.01. The van der Waals surface area contributed by atoms with Crippen molar-refractivity contribution in [1.29, 1.82) is 5.41 Å². The van der Waals surface area contributed by atoms with Crippen molar-refractivity contribution in [2.75, 3.05) is 11.9 Å². The lowest BCUT2D eigenvalue weighted by Crippen LogP contribution is -2.16. The lowest BCUT2D eigenvalue weighted by atomic mass is 10.3. The van der Waals surface area contributed by atoms with Crippen molar-refractivity contribution in [3.05, 3.63) is 17.5 Å². The molecule has 1 aromatic rings. The van der Waals surface area contributed by atoms with Crippen molar-refractivity contribution < 1.29 is 0 Å². The molecule has 0 aliphatic heterocycles. The molecule has 1 aromatic heterocycles. The van der Waals surface area contributed by atoms with Gasteiger partial charge in [0.25, 0.3) is 0 Å². The molecular formula is C9H15N5. The summed E-state index contributed by atoms with van der Waals surface area (Å²) >= 11 is 0.